The number of carbonyl (C=O) groups excluding carboxylic acids is 1. The minimum absolute atomic E-state index is 0.113. The van der Waals surface area contributed by atoms with Gasteiger partial charge in [0.25, 0.3) is 5.91 Å². The van der Waals surface area contributed by atoms with E-state index in [0.717, 1.165) is 5.56 Å². The molecule has 21 heavy (non-hydrogen) atoms. The molecule has 110 valence electrons. The number of rotatable bonds is 5. The van der Waals surface area contributed by atoms with E-state index in [0.29, 0.717) is 10.8 Å². The van der Waals surface area contributed by atoms with Crippen LogP contribution in [0.15, 0.2) is 48.8 Å². The Morgan fingerprint density at radius 3 is 2.52 bits per heavy atom. The lowest BCUT2D eigenvalue weighted by atomic mass is 10.1. The van der Waals surface area contributed by atoms with Crippen LogP contribution in [0.4, 0.5) is 0 Å². The van der Waals surface area contributed by atoms with Crippen molar-refractivity contribution >= 4 is 17.5 Å². The standard InChI is InChI=1S/C16H17ClN2O2/c1-11(13-7-9-18-10-8-13)19-16(20)12(2)21-15-6-4-3-5-14(15)17/h3-12H,1-2H3,(H,19,20)/t11-,12+/m0/s1. The van der Waals surface area contributed by atoms with Gasteiger partial charge in [0.05, 0.1) is 11.1 Å². The van der Waals surface area contributed by atoms with Gasteiger partial charge in [-0.3, -0.25) is 9.78 Å². The van der Waals surface area contributed by atoms with Crippen LogP contribution in [-0.4, -0.2) is 17.0 Å². The Kier molecular flexibility index (Phi) is 5.17. The van der Waals surface area contributed by atoms with Crippen LogP contribution in [0.2, 0.25) is 5.02 Å². The first-order valence-electron chi connectivity index (χ1n) is 6.69. The summed E-state index contributed by atoms with van der Waals surface area (Å²) in [5, 5.41) is 3.39. The van der Waals surface area contributed by atoms with Crippen LogP contribution in [0, 0.1) is 0 Å². The molecule has 0 aliphatic heterocycles. The maximum Gasteiger partial charge on any atom is 0.261 e. The molecule has 0 radical (unpaired) electrons. The molecule has 0 spiro atoms. The summed E-state index contributed by atoms with van der Waals surface area (Å²) < 4.78 is 5.59. The maximum absolute atomic E-state index is 12.1. The van der Waals surface area contributed by atoms with Crippen molar-refractivity contribution in [3.05, 3.63) is 59.4 Å². The van der Waals surface area contributed by atoms with E-state index in [-0.39, 0.29) is 11.9 Å². The average Bonchev–Trinajstić information content (AvgIpc) is 2.50. The predicted molar refractivity (Wildman–Crippen MR) is 82.3 cm³/mol. The first-order valence-corrected chi connectivity index (χ1v) is 7.07. The van der Waals surface area contributed by atoms with Gasteiger partial charge < -0.3 is 10.1 Å². The average molecular weight is 305 g/mol. The summed E-state index contributed by atoms with van der Waals surface area (Å²) in [5.41, 5.74) is 0.989. The quantitative estimate of drug-likeness (QED) is 0.921. The molecule has 2 rings (SSSR count). The summed E-state index contributed by atoms with van der Waals surface area (Å²) in [4.78, 5) is 16.1. The molecule has 1 aromatic heterocycles. The van der Waals surface area contributed by atoms with Gasteiger partial charge in [0.2, 0.25) is 0 Å². The van der Waals surface area contributed by atoms with Crippen LogP contribution < -0.4 is 10.1 Å². The highest BCUT2D eigenvalue weighted by Crippen LogP contribution is 2.24. The molecule has 2 atom stereocenters. The highest BCUT2D eigenvalue weighted by atomic mass is 35.5. The molecule has 5 heteroatoms. The van der Waals surface area contributed by atoms with Crippen molar-refractivity contribution in [1.29, 1.82) is 0 Å². The SMILES string of the molecule is C[C@H](NC(=O)[C@@H](C)Oc1ccccc1Cl)c1ccncc1. The molecule has 0 bridgehead atoms. The number of nitrogens with zero attached hydrogens (tertiary/aromatic N) is 1. The van der Waals surface area contributed by atoms with E-state index in [2.05, 4.69) is 10.3 Å². The summed E-state index contributed by atoms with van der Waals surface area (Å²) in [6, 6.07) is 10.7. The van der Waals surface area contributed by atoms with Gasteiger partial charge in [-0.1, -0.05) is 23.7 Å². The van der Waals surface area contributed by atoms with Crippen LogP contribution in [0.25, 0.3) is 0 Å². The summed E-state index contributed by atoms with van der Waals surface area (Å²) in [5.74, 6) is 0.303. The van der Waals surface area contributed by atoms with Crippen molar-refractivity contribution < 1.29 is 9.53 Å². The van der Waals surface area contributed by atoms with E-state index in [1.807, 2.05) is 31.2 Å². The van der Waals surface area contributed by atoms with Crippen molar-refractivity contribution in [3.8, 4) is 5.75 Å². The molecule has 4 nitrogen and oxygen atoms in total. The second-order valence-corrected chi connectivity index (χ2v) is 5.11. The highest BCUT2D eigenvalue weighted by molar-refractivity contribution is 6.32. The largest absolute Gasteiger partial charge is 0.479 e. The van der Waals surface area contributed by atoms with Crippen molar-refractivity contribution in [2.75, 3.05) is 0 Å². The van der Waals surface area contributed by atoms with Crippen molar-refractivity contribution in [2.24, 2.45) is 0 Å². The fourth-order valence-electron chi connectivity index (χ4n) is 1.85. The fraction of sp³-hybridized carbons (Fsp3) is 0.250. The molecule has 1 N–H and O–H groups in total. The molecule has 1 amide bonds. The molecule has 0 aliphatic carbocycles. The number of amides is 1. The molecule has 1 heterocycles. The molecule has 2 aromatic rings. The van der Waals surface area contributed by atoms with Crippen LogP contribution in [0.1, 0.15) is 25.5 Å². The maximum atomic E-state index is 12.1. The fourth-order valence-corrected chi connectivity index (χ4v) is 2.03. The molecule has 1 aromatic carbocycles. The Labute approximate surface area is 129 Å². The van der Waals surface area contributed by atoms with Gasteiger partial charge in [-0.15, -0.1) is 0 Å². The minimum Gasteiger partial charge on any atom is -0.479 e. The number of nitrogens with one attached hydrogen (secondary N) is 1. The molecular formula is C16H17ClN2O2. The van der Waals surface area contributed by atoms with Gasteiger partial charge >= 0.3 is 0 Å². The van der Waals surface area contributed by atoms with E-state index in [1.165, 1.54) is 0 Å². The zero-order chi connectivity index (χ0) is 15.2. The Hall–Kier alpha value is -2.07. The lowest BCUT2D eigenvalue weighted by Crippen LogP contribution is -2.37. The zero-order valence-corrected chi connectivity index (χ0v) is 12.7. The van der Waals surface area contributed by atoms with Crippen LogP contribution in [0.3, 0.4) is 0 Å². The summed E-state index contributed by atoms with van der Waals surface area (Å²) in [7, 11) is 0. The van der Waals surface area contributed by atoms with Gasteiger partial charge in [0, 0.05) is 12.4 Å². The number of benzene rings is 1. The molecule has 0 saturated heterocycles. The highest BCUT2D eigenvalue weighted by Gasteiger charge is 2.18. The first kappa shape index (κ1) is 15.3. The van der Waals surface area contributed by atoms with E-state index in [1.54, 1.807) is 31.5 Å². The van der Waals surface area contributed by atoms with Gasteiger partial charge in [-0.25, -0.2) is 0 Å². The first-order chi connectivity index (χ1) is 10.1. The number of para-hydroxylation sites is 1. The number of aromatic nitrogens is 1. The number of halogens is 1. The molecule has 0 fully saturated rings. The topological polar surface area (TPSA) is 51.2 Å². The zero-order valence-electron chi connectivity index (χ0n) is 11.9. The number of hydrogen-bond acceptors (Lipinski definition) is 3. The Morgan fingerprint density at radius 1 is 1.19 bits per heavy atom. The molecule has 0 unspecified atom stereocenters. The Bertz CT molecular complexity index is 604. The van der Waals surface area contributed by atoms with Gasteiger partial charge in [0.15, 0.2) is 6.10 Å². The van der Waals surface area contributed by atoms with Crippen LogP contribution >= 0.6 is 11.6 Å². The van der Waals surface area contributed by atoms with E-state index < -0.39 is 6.10 Å². The summed E-state index contributed by atoms with van der Waals surface area (Å²) >= 11 is 6.01. The molecular weight excluding hydrogens is 288 g/mol. The molecule has 0 saturated carbocycles. The monoisotopic (exact) mass is 304 g/mol. The summed E-state index contributed by atoms with van der Waals surface area (Å²) in [6.07, 6.45) is 2.76. The van der Waals surface area contributed by atoms with Gasteiger partial charge in [-0.05, 0) is 43.7 Å². The number of hydrogen-bond donors (Lipinski definition) is 1. The van der Waals surface area contributed by atoms with Crippen LogP contribution in [0.5, 0.6) is 5.75 Å². The lowest BCUT2D eigenvalue weighted by Gasteiger charge is -2.19. The number of carbonyl (C=O) groups is 1. The van der Waals surface area contributed by atoms with E-state index >= 15 is 0 Å². The lowest BCUT2D eigenvalue weighted by molar-refractivity contribution is -0.127. The van der Waals surface area contributed by atoms with Gasteiger partial charge in [0.1, 0.15) is 5.75 Å². The normalized spacial score (nSPS) is 13.3. The third-order valence-electron chi connectivity index (χ3n) is 3.07. The van der Waals surface area contributed by atoms with Crippen molar-refractivity contribution in [1.82, 2.24) is 10.3 Å². The summed E-state index contributed by atoms with van der Waals surface area (Å²) in [6.45, 7) is 3.60. The number of pyridine rings is 1. The Balaban J connectivity index is 1.95. The predicted octanol–water partition coefficient (Wildman–Crippen LogP) is 3.38. The second kappa shape index (κ2) is 7.09. The number of ether oxygens (including phenoxy) is 1. The van der Waals surface area contributed by atoms with Crippen molar-refractivity contribution in [2.45, 2.75) is 26.0 Å². The molecule has 0 aliphatic rings. The van der Waals surface area contributed by atoms with Gasteiger partial charge in [-0.2, -0.15) is 0 Å². The van der Waals surface area contributed by atoms with E-state index in [9.17, 15) is 4.79 Å². The van der Waals surface area contributed by atoms with E-state index in [4.69, 9.17) is 16.3 Å². The third kappa shape index (κ3) is 4.20. The smallest absolute Gasteiger partial charge is 0.261 e. The third-order valence-corrected chi connectivity index (χ3v) is 3.39. The van der Waals surface area contributed by atoms with Crippen molar-refractivity contribution in [3.63, 3.8) is 0 Å². The van der Waals surface area contributed by atoms with Crippen LogP contribution in [-0.2, 0) is 4.79 Å². The Morgan fingerprint density at radius 2 is 1.86 bits per heavy atom. The minimum atomic E-state index is -0.630. The second-order valence-electron chi connectivity index (χ2n) is 4.70.